The number of ether oxygens (including phenoxy) is 1. The number of H-pyrrole nitrogens is 1. The second-order valence-corrected chi connectivity index (χ2v) is 7.67. The van der Waals surface area contributed by atoms with Crippen LogP contribution < -0.4 is 10.3 Å². The molecule has 28 heavy (non-hydrogen) atoms. The maximum absolute atomic E-state index is 12.2. The average molecular weight is 384 g/mol. The molecule has 0 spiro atoms. The molecule has 0 saturated heterocycles. The van der Waals surface area contributed by atoms with Crippen LogP contribution in [0.2, 0.25) is 0 Å². The van der Waals surface area contributed by atoms with E-state index in [1.165, 1.54) is 0 Å². The second-order valence-electron chi connectivity index (χ2n) is 6.58. The molecule has 1 N–H and O–H groups in total. The van der Waals surface area contributed by atoms with Crippen molar-refractivity contribution < 1.29 is 4.74 Å². The van der Waals surface area contributed by atoms with Crippen molar-refractivity contribution in [2.75, 3.05) is 0 Å². The molecule has 1 aliphatic heterocycles. The maximum atomic E-state index is 12.2. The number of hydrogen-bond donors (Lipinski definition) is 1. The van der Waals surface area contributed by atoms with Gasteiger partial charge in [-0.2, -0.15) is 5.10 Å². The number of aromatic nitrogens is 2. The fraction of sp³-hybridized carbons (Fsp3) is 0.0435. The second kappa shape index (κ2) is 7.02. The molecule has 5 heteroatoms. The van der Waals surface area contributed by atoms with Crippen molar-refractivity contribution in [2.45, 2.75) is 16.2 Å². The molecule has 0 aliphatic carbocycles. The minimum absolute atomic E-state index is 0.155. The molecule has 2 heterocycles. The van der Waals surface area contributed by atoms with Gasteiger partial charge >= 0.3 is 0 Å². The number of nitrogens with one attached hydrogen (secondary N) is 1. The third kappa shape index (κ3) is 3.21. The van der Waals surface area contributed by atoms with Gasteiger partial charge in [0.2, 0.25) is 0 Å². The third-order valence-electron chi connectivity index (χ3n) is 4.65. The first-order valence-electron chi connectivity index (χ1n) is 8.98. The summed E-state index contributed by atoms with van der Waals surface area (Å²) < 4.78 is 5.99. The van der Waals surface area contributed by atoms with Gasteiger partial charge in [-0.3, -0.25) is 4.79 Å². The summed E-state index contributed by atoms with van der Waals surface area (Å²) in [4.78, 5) is 14.4. The summed E-state index contributed by atoms with van der Waals surface area (Å²) in [5.74, 6) is 1.71. The van der Waals surface area contributed by atoms with E-state index in [9.17, 15) is 4.79 Å². The maximum Gasteiger partial charge on any atom is 0.267 e. The standard InChI is InChI=1S/C23H16N2O2S/c26-23-17(12-15-6-2-1-3-7-15)13-18(24-25-23)16-10-11-20-22(14-16)28-21-9-5-4-8-19(21)27-20/h1-11,13-14H,12H2,(H,25,26). The lowest BCUT2D eigenvalue weighted by Gasteiger charge is -2.19. The Kier molecular flexibility index (Phi) is 4.22. The predicted octanol–water partition coefficient (Wildman–Crippen LogP) is 5.28. The Morgan fingerprint density at radius 3 is 2.54 bits per heavy atom. The fourth-order valence-corrected chi connectivity index (χ4v) is 4.22. The summed E-state index contributed by atoms with van der Waals surface area (Å²) in [6, 6.07) is 25.8. The zero-order chi connectivity index (χ0) is 18.9. The van der Waals surface area contributed by atoms with Gasteiger partial charge in [0.15, 0.2) is 0 Å². The van der Waals surface area contributed by atoms with Crippen molar-refractivity contribution in [2.24, 2.45) is 0 Å². The van der Waals surface area contributed by atoms with Crippen LogP contribution in [0.1, 0.15) is 11.1 Å². The summed E-state index contributed by atoms with van der Waals surface area (Å²) >= 11 is 1.68. The molecule has 3 aromatic carbocycles. The summed E-state index contributed by atoms with van der Waals surface area (Å²) in [5.41, 5.74) is 3.32. The largest absolute Gasteiger partial charge is 0.455 e. The molecule has 1 aromatic heterocycles. The van der Waals surface area contributed by atoms with Gasteiger partial charge in [-0.05, 0) is 42.0 Å². The summed E-state index contributed by atoms with van der Waals surface area (Å²) in [5, 5.41) is 6.90. The number of hydrogen-bond acceptors (Lipinski definition) is 4. The van der Waals surface area contributed by atoms with Crippen LogP contribution in [-0.4, -0.2) is 10.2 Å². The molecule has 0 radical (unpaired) electrons. The zero-order valence-corrected chi connectivity index (χ0v) is 15.7. The van der Waals surface area contributed by atoms with E-state index < -0.39 is 0 Å². The Balaban J connectivity index is 1.49. The van der Waals surface area contributed by atoms with E-state index in [0.29, 0.717) is 12.0 Å². The van der Waals surface area contributed by atoms with E-state index in [2.05, 4.69) is 16.3 Å². The molecule has 0 saturated carbocycles. The molecule has 0 fully saturated rings. The van der Waals surface area contributed by atoms with E-state index in [1.54, 1.807) is 11.8 Å². The SMILES string of the molecule is O=c1[nH]nc(-c2ccc3c(c2)Sc2ccccc2O3)cc1Cc1ccccc1. The van der Waals surface area contributed by atoms with Gasteiger partial charge in [0, 0.05) is 17.5 Å². The van der Waals surface area contributed by atoms with E-state index >= 15 is 0 Å². The molecule has 5 rings (SSSR count). The lowest BCUT2D eigenvalue weighted by Crippen LogP contribution is -2.15. The highest BCUT2D eigenvalue weighted by atomic mass is 32.2. The van der Waals surface area contributed by atoms with Crippen LogP contribution in [0.3, 0.4) is 0 Å². The number of fused-ring (bicyclic) bond motifs is 2. The third-order valence-corrected chi connectivity index (χ3v) is 5.74. The number of benzene rings is 3. The van der Waals surface area contributed by atoms with Crippen LogP contribution in [0.5, 0.6) is 11.5 Å². The number of nitrogens with zero attached hydrogens (tertiary/aromatic N) is 1. The Morgan fingerprint density at radius 2 is 1.64 bits per heavy atom. The Morgan fingerprint density at radius 1 is 0.857 bits per heavy atom. The number of aromatic amines is 1. The van der Waals surface area contributed by atoms with Gasteiger partial charge in [0.25, 0.3) is 5.56 Å². The molecule has 0 amide bonds. The summed E-state index contributed by atoms with van der Waals surface area (Å²) in [6.45, 7) is 0. The van der Waals surface area contributed by atoms with Crippen molar-refractivity contribution in [3.05, 3.63) is 100 Å². The lowest BCUT2D eigenvalue weighted by molar-refractivity contribution is 0.454. The zero-order valence-electron chi connectivity index (χ0n) is 14.9. The van der Waals surface area contributed by atoms with Crippen molar-refractivity contribution >= 4 is 11.8 Å². The van der Waals surface area contributed by atoms with Crippen LogP contribution in [0.25, 0.3) is 11.3 Å². The number of para-hydroxylation sites is 1. The van der Waals surface area contributed by atoms with E-state index in [-0.39, 0.29) is 5.56 Å². The fourth-order valence-electron chi connectivity index (χ4n) is 3.23. The topological polar surface area (TPSA) is 55.0 Å². The van der Waals surface area contributed by atoms with E-state index in [1.807, 2.05) is 72.8 Å². The molecular weight excluding hydrogens is 368 g/mol. The normalized spacial score (nSPS) is 12.0. The van der Waals surface area contributed by atoms with Gasteiger partial charge in [-0.1, -0.05) is 54.2 Å². The van der Waals surface area contributed by atoms with Crippen LogP contribution >= 0.6 is 11.8 Å². The Labute approximate surface area is 166 Å². The average Bonchev–Trinajstić information content (AvgIpc) is 2.74. The summed E-state index contributed by atoms with van der Waals surface area (Å²) in [7, 11) is 0. The Bertz CT molecular complexity index is 1220. The van der Waals surface area contributed by atoms with Crippen molar-refractivity contribution in [3.63, 3.8) is 0 Å². The molecule has 136 valence electrons. The van der Waals surface area contributed by atoms with Gasteiger partial charge < -0.3 is 4.74 Å². The minimum Gasteiger partial charge on any atom is -0.455 e. The monoisotopic (exact) mass is 384 g/mol. The van der Waals surface area contributed by atoms with E-state index in [0.717, 1.165) is 38.1 Å². The molecule has 4 nitrogen and oxygen atoms in total. The Hall–Kier alpha value is -3.31. The number of rotatable bonds is 3. The highest BCUT2D eigenvalue weighted by molar-refractivity contribution is 7.99. The van der Waals surface area contributed by atoms with Crippen LogP contribution in [0.15, 0.2) is 93.4 Å². The van der Waals surface area contributed by atoms with Crippen molar-refractivity contribution in [1.82, 2.24) is 10.2 Å². The van der Waals surface area contributed by atoms with Crippen LogP contribution in [0, 0.1) is 0 Å². The van der Waals surface area contributed by atoms with Gasteiger partial charge in [0.1, 0.15) is 11.5 Å². The molecule has 0 atom stereocenters. The van der Waals surface area contributed by atoms with Crippen LogP contribution in [0.4, 0.5) is 0 Å². The first kappa shape index (κ1) is 16.8. The molecule has 1 aliphatic rings. The predicted molar refractivity (Wildman–Crippen MR) is 110 cm³/mol. The van der Waals surface area contributed by atoms with Crippen molar-refractivity contribution in [3.8, 4) is 22.8 Å². The van der Waals surface area contributed by atoms with E-state index in [4.69, 9.17) is 4.74 Å². The first-order valence-corrected chi connectivity index (χ1v) is 9.79. The first-order chi connectivity index (χ1) is 13.8. The minimum atomic E-state index is -0.155. The van der Waals surface area contributed by atoms with Gasteiger partial charge in [0.05, 0.1) is 15.5 Å². The highest BCUT2D eigenvalue weighted by Crippen LogP contribution is 2.47. The van der Waals surface area contributed by atoms with Gasteiger partial charge in [-0.15, -0.1) is 0 Å². The van der Waals surface area contributed by atoms with Gasteiger partial charge in [-0.25, -0.2) is 5.10 Å². The van der Waals surface area contributed by atoms with Crippen molar-refractivity contribution in [1.29, 1.82) is 0 Å². The van der Waals surface area contributed by atoms with Crippen LogP contribution in [-0.2, 0) is 6.42 Å². The highest BCUT2D eigenvalue weighted by Gasteiger charge is 2.18. The quantitative estimate of drug-likeness (QED) is 0.459. The molecular formula is C23H16N2O2S. The molecule has 0 bridgehead atoms. The molecule has 4 aromatic rings. The summed E-state index contributed by atoms with van der Waals surface area (Å²) in [6.07, 6.45) is 0.571. The molecule has 0 unspecified atom stereocenters. The lowest BCUT2D eigenvalue weighted by atomic mass is 10.0. The smallest absolute Gasteiger partial charge is 0.267 e.